The van der Waals surface area contributed by atoms with Gasteiger partial charge in [-0.05, 0) is 37.5 Å². The van der Waals surface area contributed by atoms with E-state index in [9.17, 15) is 4.79 Å². The molecule has 0 saturated carbocycles. The molecular formula is C23H25NO3. The maximum absolute atomic E-state index is 12.1. The van der Waals surface area contributed by atoms with Crippen LogP contribution in [0.1, 0.15) is 31.4 Å². The van der Waals surface area contributed by atoms with E-state index in [1.807, 2.05) is 45.0 Å². The molecule has 0 aliphatic heterocycles. The average molecular weight is 363 g/mol. The van der Waals surface area contributed by atoms with Gasteiger partial charge >= 0.3 is 0 Å². The fraction of sp³-hybridized carbons (Fsp3) is 0.261. The van der Waals surface area contributed by atoms with Crippen LogP contribution in [0.3, 0.4) is 0 Å². The number of amides is 1. The number of furan rings is 1. The quantitative estimate of drug-likeness (QED) is 0.601. The number of nitrogens with one attached hydrogen (secondary N) is 1. The Bertz CT molecular complexity index is 984. The van der Waals surface area contributed by atoms with Crippen molar-refractivity contribution in [2.75, 3.05) is 13.7 Å². The SMILES string of the molecule is CCCNC(=O)/C=C(\C)c1cc2c(-c3ccccc3)coc2c(C)c1OC. The number of benzene rings is 2. The van der Waals surface area contributed by atoms with Crippen molar-refractivity contribution in [1.82, 2.24) is 5.32 Å². The summed E-state index contributed by atoms with van der Waals surface area (Å²) in [5.41, 5.74) is 5.60. The van der Waals surface area contributed by atoms with Gasteiger partial charge in [0.2, 0.25) is 5.91 Å². The van der Waals surface area contributed by atoms with E-state index >= 15 is 0 Å². The van der Waals surface area contributed by atoms with Crippen LogP contribution >= 0.6 is 0 Å². The molecule has 140 valence electrons. The Hall–Kier alpha value is -3.01. The van der Waals surface area contributed by atoms with Crippen molar-refractivity contribution in [3.05, 3.63) is 59.9 Å². The fourth-order valence-electron chi connectivity index (χ4n) is 3.29. The summed E-state index contributed by atoms with van der Waals surface area (Å²) in [6, 6.07) is 12.2. The number of rotatable bonds is 6. The molecule has 2 aromatic carbocycles. The topological polar surface area (TPSA) is 51.5 Å². The highest BCUT2D eigenvalue weighted by Crippen LogP contribution is 2.40. The van der Waals surface area contributed by atoms with Crippen LogP contribution in [0.15, 0.2) is 53.2 Å². The molecule has 1 amide bonds. The molecule has 0 bridgehead atoms. The van der Waals surface area contributed by atoms with Crippen molar-refractivity contribution in [2.45, 2.75) is 27.2 Å². The van der Waals surface area contributed by atoms with Gasteiger partial charge in [0.05, 0.1) is 13.4 Å². The highest BCUT2D eigenvalue weighted by atomic mass is 16.5. The van der Waals surface area contributed by atoms with E-state index in [0.717, 1.165) is 51.0 Å². The second kappa shape index (κ2) is 8.12. The summed E-state index contributed by atoms with van der Waals surface area (Å²) in [6.45, 7) is 6.60. The summed E-state index contributed by atoms with van der Waals surface area (Å²) in [5.74, 6) is 0.637. The normalized spacial score (nSPS) is 11.6. The van der Waals surface area contributed by atoms with Crippen molar-refractivity contribution in [1.29, 1.82) is 0 Å². The van der Waals surface area contributed by atoms with Gasteiger partial charge in [0, 0.05) is 34.7 Å². The lowest BCUT2D eigenvalue weighted by atomic mass is 9.96. The number of aryl methyl sites for hydroxylation is 1. The van der Waals surface area contributed by atoms with Gasteiger partial charge in [0.25, 0.3) is 0 Å². The van der Waals surface area contributed by atoms with Crippen LogP contribution in [0.5, 0.6) is 5.75 Å². The Morgan fingerprint density at radius 3 is 2.67 bits per heavy atom. The largest absolute Gasteiger partial charge is 0.496 e. The van der Waals surface area contributed by atoms with Gasteiger partial charge < -0.3 is 14.5 Å². The Labute approximate surface area is 159 Å². The molecule has 4 nitrogen and oxygen atoms in total. The molecular weight excluding hydrogens is 338 g/mol. The summed E-state index contributed by atoms with van der Waals surface area (Å²) in [7, 11) is 1.64. The van der Waals surface area contributed by atoms with Crippen molar-refractivity contribution in [3.63, 3.8) is 0 Å². The van der Waals surface area contributed by atoms with E-state index in [1.54, 1.807) is 19.4 Å². The highest BCUT2D eigenvalue weighted by Gasteiger charge is 2.18. The first kappa shape index (κ1) is 18.8. The lowest BCUT2D eigenvalue weighted by Gasteiger charge is -2.13. The zero-order valence-electron chi connectivity index (χ0n) is 16.3. The zero-order valence-corrected chi connectivity index (χ0v) is 16.3. The Balaban J connectivity index is 2.14. The van der Waals surface area contributed by atoms with Gasteiger partial charge in [0.15, 0.2) is 0 Å². The number of hydrogen-bond donors (Lipinski definition) is 1. The molecule has 0 aliphatic rings. The maximum Gasteiger partial charge on any atom is 0.244 e. The summed E-state index contributed by atoms with van der Waals surface area (Å²) >= 11 is 0. The molecule has 0 unspecified atom stereocenters. The van der Waals surface area contributed by atoms with E-state index in [1.165, 1.54) is 0 Å². The number of hydrogen-bond acceptors (Lipinski definition) is 3. The van der Waals surface area contributed by atoms with Crippen molar-refractivity contribution in [2.24, 2.45) is 0 Å². The Kier molecular flexibility index (Phi) is 5.65. The molecule has 1 heterocycles. The van der Waals surface area contributed by atoms with Gasteiger partial charge in [-0.1, -0.05) is 37.3 Å². The van der Waals surface area contributed by atoms with Crippen LogP contribution in [0.25, 0.3) is 27.7 Å². The lowest BCUT2D eigenvalue weighted by Crippen LogP contribution is -2.21. The van der Waals surface area contributed by atoms with Gasteiger partial charge in [-0.25, -0.2) is 0 Å². The summed E-state index contributed by atoms with van der Waals surface area (Å²) in [5, 5.41) is 3.89. The maximum atomic E-state index is 12.1. The molecule has 1 aromatic heterocycles. The second-order valence-electron chi connectivity index (χ2n) is 6.59. The number of ether oxygens (including phenoxy) is 1. The smallest absolute Gasteiger partial charge is 0.244 e. The Morgan fingerprint density at radius 1 is 1.26 bits per heavy atom. The Morgan fingerprint density at radius 2 is 2.00 bits per heavy atom. The van der Waals surface area contributed by atoms with Crippen LogP contribution in [0, 0.1) is 6.92 Å². The van der Waals surface area contributed by atoms with Crippen LogP contribution in [0.2, 0.25) is 0 Å². The summed E-state index contributed by atoms with van der Waals surface area (Å²) in [6.07, 6.45) is 4.31. The predicted molar refractivity (Wildman–Crippen MR) is 110 cm³/mol. The molecule has 27 heavy (non-hydrogen) atoms. The number of carbonyl (C=O) groups is 1. The average Bonchev–Trinajstić information content (AvgIpc) is 3.11. The molecule has 4 heteroatoms. The standard InChI is InChI=1S/C23H25NO3/c1-5-11-24-21(25)12-15(2)18-13-19-20(17-9-7-6-8-10-17)14-27-23(19)16(3)22(18)26-4/h6-10,12-14H,5,11H2,1-4H3,(H,24,25)/b15-12+. The van der Waals surface area contributed by atoms with Crippen molar-refractivity contribution in [3.8, 4) is 16.9 Å². The van der Waals surface area contributed by atoms with E-state index in [0.29, 0.717) is 6.54 Å². The van der Waals surface area contributed by atoms with Crippen LogP contribution in [-0.4, -0.2) is 19.6 Å². The second-order valence-corrected chi connectivity index (χ2v) is 6.59. The number of carbonyl (C=O) groups excluding carboxylic acids is 1. The van der Waals surface area contributed by atoms with E-state index < -0.39 is 0 Å². The molecule has 0 fully saturated rings. The fourth-order valence-corrected chi connectivity index (χ4v) is 3.29. The first-order valence-corrected chi connectivity index (χ1v) is 9.17. The third-order valence-electron chi connectivity index (χ3n) is 4.65. The minimum Gasteiger partial charge on any atom is -0.496 e. The molecule has 3 rings (SSSR count). The van der Waals surface area contributed by atoms with Crippen LogP contribution in [-0.2, 0) is 4.79 Å². The number of allylic oxidation sites excluding steroid dienone is 1. The van der Waals surface area contributed by atoms with E-state index in [2.05, 4.69) is 17.4 Å². The summed E-state index contributed by atoms with van der Waals surface area (Å²) in [4.78, 5) is 12.1. The third-order valence-corrected chi connectivity index (χ3v) is 4.65. The number of methoxy groups -OCH3 is 1. The monoisotopic (exact) mass is 363 g/mol. The third kappa shape index (κ3) is 3.75. The first-order chi connectivity index (χ1) is 13.1. The molecule has 0 atom stereocenters. The van der Waals surface area contributed by atoms with Gasteiger partial charge in [-0.3, -0.25) is 4.79 Å². The van der Waals surface area contributed by atoms with Crippen LogP contribution in [0.4, 0.5) is 0 Å². The van der Waals surface area contributed by atoms with Crippen molar-refractivity contribution < 1.29 is 13.9 Å². The number of fused-ring (bicyclic) bond motifs is 1. The molecule has 0 saturated heterocycles. The first-order valence-electron chi connectivity index (χ1n) is 9.17. The van der Waals surface area contributed by atoms with Gasteiger partial charge in [-0.15, -0.1) is 0 Å². The molecule has 0 aliphatic carbocycles. The minimum absolute atomic E-state index is 0.0929. The minimum atomic E-state index is -0.0929. The molecule has 0 radical (unpaired) electrons. The van der Waals surface area contributed by atoms with E-state index in [-0.39, 0.29) is 5.91 Å². The van der Waals surface area contributed by atoms with Gasteiger partial charge in [-0.2, -0.15) is 0 Å². The van der Waals surface area contributed by atoms with Crippen LogP contribution < -0.4 is 10.1 Å². The molecule has 3 aromatic rings. The zero-order chi connectivity index (χ0) is 19.4. The van der Waals surface area contributed by atoms with Gasteiger partial charge in [0.1, 0.15) is 11.3 Å². The molecule has 0 spiro atoms. The highest BCUT2D eigenvalue weighted by molar-refractivity contribution is 6.01. The predicted octanol–water partition coefficient (Wildman–Crippen LogP) is 5.35. The lowest BCUT2D eigenvalue weighted by molar-refractivity contribution is -0.116. The molecule has 1 N–H and O–H groups in total. The summed E-state index contributed by atoms with van der Waals surface area (Å²) < 4.78 is 11.5. The van der Waals surface area contributed by atoms with Crippen molar-refractivity contribution >= 4 is 22.4 Å². The van der Waals surface area contributed by atoms with E-state index in [4.69, 9.17) is 9.15 Å².